The van der Waals surface area contributed by atoms with Crippen LogP contribution >= 0.6 is 0 Å². The van der Waals surface area contributed by atoms with Gasteiger partial charge in [-0.15, -0.1) is 0 Å². The van der Waals surface area contributed by atoms with Crippen LogP contribution in [0.4, 0.5) is 10.2 Å². The molecule has 1 amide bonds. The highest BCUT2D eigenvalue weighted by Gasteiger charge is 2.43. The maximum absolute atomic E-state index is 13.2. The number of carbonyl (C=O) groups excluding carboxylic acids is 1. The van der Waals surface area contributed by atoms with Gasteiger partial charge in [0.25, 0.3) is 0 Å². The second-order valence-electron chi connectivity index (χ2n) is 8.69. The van der Waals surface area contributed by atoms with E-state index in [4.69, 9.17) is 5.26 Å². The van der Waals surface area contributed by atoms with E-state index in [-0.39, 0.29) is 29.3 Å². The number of aromatic nitrogens is 1. The lowest BCUT2D eigenvalue weighted by Crippen LogP contribution is -2.58. The van der Waals surface area contributed by atoms with Gasteiger partial charge in [0.1, 0.15) is 17.7 Å². The minimum Gasteiger partial charge on any atom is -0.348 e. The van der Waals surface area contributed by atoms with E-state index in [1.165, 1.54) is 12.1 Å². The SMILES string of the molecule is CC1CN(C(=O)CCNC2(c3ccc(F)cc3)CC2)CC(C)N1c1ccc(C#N)cn1. The van der Waals surface area contributed by atoms with E-state index in [1.807, 2.05) is 23.1 Å². The van der Waals surface area contributed by atoms with Gasteiger partial charge in [0, 0.05) is 49.9 Å². The van der Waals surface area contributed by atoms with Crippen molar-refractivity contribution in [1.29, 1.82) is 5.26 Å². The highest BCUT2D eigenvalue weighted by atomic mass is 19.1. The quantitative estimate of drug-likeness (QED) is 0.776. The Kier molecular flexibility index (Phi) is 5.92. The summed E-state index contributed by atoms with van der Waals surface area (Å²) >= 11 is 0. The van der Waals surface area contributed by atoms with Crippen molar-refractivity contribution in [1.82, 2.24) is 15.2 Å². The molecule has 162 valence electrons. The van der Waals surface area contributed by atoms with Gasteiger partial charge in [0.15, 0.2) is 0 Å². The fourth-order valence-electron chi connectivity index (χ4n) is 4.61. The number of anilines is 1. The Bertz CT molecular complexity index is 953. The van der Waals surface area contributed by atoms with Crippen molar-refractivity contribution in [2.75, 3.05) is 24.5 Å². The molecular formula is C24H28FN5O. The number of nitrogens with one attached hydrogen (secondary N) is 1. The van der Waals surface area contributed by atoms with E-state index in [0.29, 0.717) is 31.6 Å². The van der Waals surface area contributed by atoms with Crippen LogP contribution in [0.5, 0.6) is 0 Å². The molecule has 1 saturated heterocycles. The number of piperazine rings is 1. The Morgan fingerprint density at radius 3 is 2.42 bits per heavy atom. The number of rotatable bonds is 6. The summed E-state index contributed by atoms with van der Waals surface area (Å²) in [5, 5.41) is 12.5. The fourth-order valence-corrected chi connectivity index (χ4v) is 4.61. The van der Waals surface area contributed by atoms with Crippen LogP contribution in [-0.4, -0.2) is 47.5 Å². The van der Waals surface area contributed by atoms with Crippen LogP contribution in [0.3, 0.4) is 0 Å². The predicted molar refractivity (Wildman–Crippen MR) is 117 cm³/mol. The highest BCUT2D eigenvalue weighted by Crippen LogP contribution is 2.45. The molecule has 0 radical (unpaired) electrons. The summed E-state index contributed by atoms with van der Waals surface area (Å²) in [7, 11) is 0. The summed E-state index contributed by atoms with van der Waals surface area (Å²) in [6, 6.07) is 12.7. The molecule has 6 nitrogen and oxygen atoms in total. The van der Waals surface area contributed by atoms with Crippen LogP contribution in [0, 0.1) is 17.1 Å². The fraction of sp³-hybridized carbons (Fsp3) is 0.458. The van der Waals surface area contributed by atoms with Crippen molar-refractivity contribution in [3.05, 3.63) is 59.5 Å². The summed E-state index contributed by atoms with van der Waals surface area (Å²) in [5.41, 5.74) is 1.53. The first-order chi connectivity index (χ1) is 14.9. The minimum atomic E-state index is -0.228. The molecule has 2 aromatic rings. The maximum Gasteiger partial charge on any atom is 0.223 e. The van der Waals surface area contributed by atoms with E-state index in [1.54, 1.807) is 12.3 Å². The van der Waals surface area contributed by atoms with Gasteiger partial charge < -0.3 is 15.1 Å². The van der Waals surface area contributed by atoms with Gasteiger partial charge in [0.05, 0.1) is 5.56 Å². The van der Waals surface area contributed by atoms with Gasteiger partial charge >= 0.3 is 0 Å². The first kappa shape index (κ1) is 21.3. The Morgan fingerprint density at radius 2 is 1.87 bits per heavy atom. The number of benzene rings is 1. The number of nitriles is 1. The van der Waals surface area contributed by atoms with Crippen LogP contribution < -0.4 is 10.2 Å². The molecule has 1 aliphatic heterocycles. The van der Waals surface area contributed by atoms with E-state index in [2.05, 4.69) is 35.1 Å². The normalized spacial score (nSPS) is 22.1. The maximum atomic E-state index is 13.2. The zero-order valence-corrected chi connectivity index (χ0v) is 18.0. The average molecular weight is 422 g/mol. The number of pyridine rings is 1. The Hall–Kier alpha value is -2.98. The zero-order chi connectivity index (χ0) is 22.0. The number of amides is 1. The van der Waals surface area contributed by atoms with Crippen LogP contribution in [0.2, 0.25) is 0 Å². The van der Waals surface area contributed by atoms with E-state index >= 15 is 0 Å². The Balaban J connectivity index is 1.31. The molecule has 2 unspecified atom stereocenters. The predicted octanol–water partition coefficient (Wildman–Crippen LogP) is 3.19. The molecule has 1 aliphatic carbocycles. The summed E-state index contributed by atoms with van der Waals surface area (Å²) < 4.78 is 13.2. The van der Waals surface area contributed by atoms with Crippen molar-refractivity contribution in [3.63, 3.8) is 0 Å². The molecular weight excluding hydrogens is 393 g/mol. The molecule has 2 aliphatic rings. The van der Waals surface area contributed by atoms with Gasteiger partial charge in [-0.2, -0.15) is 5.26 Å². The molecule has 2 heterocycles. The van der Waals surface area contributed by atoms with Crippen LogP contribution in [0.25, 0.3) is 0 Å². The molecule has 7 heteroatoms. The number of halogens is 1. The monoisotopic (exact) mass is 421 g/mol. The third-order valence-corrected chi connectivity index (χ3v) is 6.36. The summed E-state index contributed by atoms with van der Waals surface area (Å²) in [6.07, 6.45) is 4.05. The number of hydrogen-bond donors (Lipinski definition) is 1. The van der Waals surface area contributed by atoms with Crippen molar-refractivity contribution in [3.8, 4) is 6.07 Å². The van der Waals surface area contributed by atoms with Gasteiger partial charge in [-0.3, -0.25) is 4.79 Å². The van der Waals surface area contributed by atoms with Crippen molar-refractivity contribution >= 4 is 11.7 Å². The molecule has 0 bridgehead atoms. The molecule has 1 aromatic heterocycles. The summed E-state index contributed by atoms with van der Waals surface area (Å²) in [4.78, 5) is 21.5. The second kappa shape index (κ2) is 8.64. The van der Waals surface area contributed by atoms with Gasteiger partial charge in [-0.05, 0) is 56.5 Å². The van der Waals surface area contributed by atoms with E-state index in [0.717, 1.165) is 24.2 Å². The topological polar surface area (TPSA) is 72.3 Å². The molecule has 1 N–H and O–H groups in total. The molecule has 1 saturated carbocycles. The van der Waals surface area contributed by atoms with Crippen molar-refractivity contribution in [2.45, 2.75) is 50.7 Å². The molecule has 0 spiro atoms. The summed E-state index contributed by atoms with van der Waals surface area (Å²) in [5.74, 6) is 0.754. The lowest BCUT2D eigenvalue weighted by molar-refractivity contribution is -0.132. The standard InChI is InChI=1S/C24H28FN5O/c1-17-15-29(16-18(2)30(17)22-8-3-19(13-26)14-27-22)23(31)9-12-28-24(10-11-24)20-4-6-21(25)7-5-20/h3-8,14,17-18,28H,9-12,15-16H2,1-2H3. The molecule has 4 rings (SSSR count). The first-order valence-electron chi connectivity index (χ1n) is 10.9. The van der Waals surface area contributed by atoms with Crippen LogP contribution in [0.15, 0.2) is 42.6 Å². The molecule has 1 aromatic carbocycles. The average Bonchev–Trinajstić information content (AvgIpc) is 3.55. The smallest absolute Gasteiger partial charge is 0.223 e. The van der Waals surface area contributed by atoms with E-state index < -0.39 is 0 Å². The third-order valence-electron chi connectivity index (χ3n) is 6.36. The Labute approximate surface area is 182 Å². The minimum absolute atomic E-state index is 0.103. The number of nitrogens with zero attached hydrogens (tertiary/aromatic N) is 4. The number of hydrogen-bond acceptors (Lipinski definition) is 5. The molecule has 2 atom stereocenters. The largest absolute Gasteiger partial charge is 0.348 e. The van der Waals surface area contributed by atoms with Crippen molar-refractivity contribution in [2.24, 2.45) is 0 Å². The zero-order valence-electron chi connectivity index (χ0n) is 18.0. The lowest BCUT2D eigenvalue weighted by atomic mass is 10.0. The van der Waals surface area contributed by atoms with E-state index in [9.17, 15) is 9.18 Å². The summed E-state index contributed by atoms with van der Waals surface area (Å²) in [6.45, 7) is 6.10. The van der Waals surface area contributed by atoms with Gasteiger partial charge in [0.2, 0.25) is 5.91 Å². The first-order valence-corrected chi connectivity index (χ1v) is 10.9. The van der Waals surface area contributed by atoms with Gasteiger partial charge in [-0.1, -0.05) is 12.1 Å². The van der Waals surface area contributed by atoms with Crippen LogP contribution in [0.1, 0.15) is 44.2 Å². The number of carbonyl (C=O) groups is 1. The lowest BCUT2D eigenvalue weighted by Gasteiger charge is -2.45. The highest BCUT2D eigenvalue weighted by molar-refractivity contribution is 5.77. The Morgan fingerprint density at radius 1 is 1.19 bits per heavy atom. The molecule has 2 fully saturated rings. The van der Waals surface area contributed by atoms with Crippen molar-refractivity contribution < 1.29 is 9.18 Å². The molecule has 31 heavy (non-hydrogen) atoms. The van der Waals surface area contributed by atoms with Crippen LogP contribution in [-0.2, 0) is 10.3 Å². The third kappa shape index (κ3) is 4.54. The second-order valence-corrected chi connectivity index (χ2v) is 8.69. The van der Waals surface area contributed by atoms with Gasteiger partial charge in [-0.25, -0.2) is 9.37 Å².